The molecule has 3 N–H and O–H groups in total. The highest BCUT2D eigenvalue weighted by molar-refractivity contribution is 8.00. The minimum Gasteiger partial charge on any atom is -0.478 e. The number of carbonyl (C=O) groups excluding carboxylic acids is 4. The standard InChI is InChI=1S/C21H16O3S.C20H14ClNO3S.C20H16N2O3S.C20H15NO3S.CH4/c1-14-6-10-16(11-7-14)25-17-12-8-15(9-13-17)20(22)18-4-2-3-5-19(18)21(23)24;1-13-4-2-3-5-17(13)20(23)14-6-11-19(18(12-14)22(24)25)26-16-9-7-15(21)8-10-16;1-13-6-2-3-7-15(13)20(23)14-10-11-19(17(12-14)22(24)25)26-18-9-5-4-8-16(18)21;1-14-7-5-6-10-17(14)20(22)15-11-12-19(18(13-15)21(23)24)25-16-8-3-2-4-9-16;/h2-13H,1H3,(H,23,24);2-12H,1H3;2-12H,21H2,1H3;2-13H,1H3;1H4. The number of nitrogen functional groups attached to an aromatic ring is 1. The van der Waals surface area contributed by atoms with Crippen molar-refractivity contribution in [1.82, 2.24) is 0 Å². The van der Waals surface area contributed by atoms with Gasteiger partial charge in [-0.3, -0.25) is 49.5 Å². The van der Waals surface area contributed by atoms with E-state index in [4.69, 9.17) is 17.3 Å². The largest absolute Gasteiger partial charge is 0.478 e. The minimum absolute atomic E-state index is 0. The third-order valence-electron chi connectivity index (χ3n) is 15.3. The van der Waals surface area contributed by atoms with Crippen molar-refractivity contribution in [2.24, 2.45) is 0 Å². The van der Waals surface area contributed by atoms with Gasteiger partial charge in [0.15, 0.2) is 23.1 Å². The number of para-hydroxylation sites is 1. The summed E-state index contributed by atoms with van der Waals surface area (Å²) in [7, 11) is 0. The lowest BCUT2D eigenvalue weighted by molar-refractivity contribution is -0.387. The molecular formula is C82H65ClN4O12S4. The molecule has 0 saturated carbocycles. The average molecular weight is 1460 g/mol. The molecule has 0 bridgehead atoms. The first-order chi connectivity index (χ1) is 49.0. The average Bonchev–Trinajstić information content (AvgIpc) is 0.826. The summed E-state index contributed by atoms with van der Waals surface area (Å²) in [4.78, 5) is 101. The lowest BCUT2D eigenvalue weighted by atomic mass is 9.98. The zero-order valence-electron chi connectivity index (χ0n) is 54.9. The number of nitrogens with zero attached hydrogens (tertiary/aromatic N) is 3. The second-order valence-corrected chi connectivity index (χ2v) is 27.4. The van der Waals surface area contributed by atoms with E-state index in [1.165, 1.54) is 65.1 Å². The Morgan fingerprint density at radius 3 is 1.05 bits per heavy atom. The van der Waals surface area contributed by atoms with Crippen LogP contribution in [0.5, 0.6) is 0 Å². The Labute approximate surface area is 616 Å². The van der Waals surface area contributed by atoms with E-state index in [0.717, 1.165) is 41.2 Å². The molecule has 0 aliphatic heterocycles. The molecule has 0 unspecified atom stereocenters. The number of anilines is 1. The fraction of sp³-hybridized carbons (Fsp3) is 0.0610. The van der Waals surface area contributed by atoms with Gasteiger partial charge in [0.1, 0.15) is 0 Å². The first-order valence-corrected chi connectivity index (χ1v) is 34.7. The van der Waals surface area contributed by atoms with Crippen LogP contribution in [-0.2, 0) is 0 Å². The Morgan fingerprint density at radius 2 is 0.650 bits per heavy atom. The molecule has 0 atom stereocenters. The van der Waals surface area contributed by atoms with Crippen molar-refractivity contribution in [3.05, 3.63) is 387 Å². The Kier molecular flexibility index (Phi) is 27.5. The zero-order chi connectivity index (χ0) is 73.0. The van der Waals surface area contributed by atoms with Crippen molar-refractivity contribution in [3.63, 3.8) is 0 Å². The molecule has 0 fully saturated rings. The minimum atomic E-state index is -1.10. The van der Waals surface area contributed by atoms with Gasteiger partial charge in [0, 0.05) is 97.9 Å². The summed E-state index contributed by atoms with van der Waals surface area (Å²) in [5, 5.41) is 44.3. The quantitative estimate of drug-likeness (QED) is 0.0311. The SMILES string of the molecule is C.Cc1ccc(Sc2ccc(C(=O)c3ccccc3C(=O)O)cc2)cc1.Cc1ccccc1C(=O)c1ccc(Sc2ccc(Cl)cc2)c([N+](=O)[O-])c1.Cc1ccccc1C(=O)c1ccc(Sc2ccccc2)c([N+](=O)[O-])c1.Cc1ccccc1C(=O)c1ccc(Sc2ccccc2N)c([N+](=O)[O-])c1. The Hall–Kier alpha value is -11.5. The molecule has 12 aromatic carbocycles. The van der Waals surface area contributed by atoms with E-state index >= 15 is 0 Å². The monoisotopic (exact) mass is 1460 g/mol. The fourth-order valence-corrected chi connectivity index (χ4v) is 13.7. The number of aryl methyl sites for hydroxylation is 4. The molecule has 103 heavy (non-hydrogen) atoms. The summed E-state index contributed by atoms with van der Waals surface area (Å²) in [6, 6.07) is 80.7. The third-order valence-corrected chi connectivity index (χ3v) is 19.9. The summed E-state index contributed by atoms with van der Waals surface area (Å²) in [5.74, 6) is -2.06. The first-order valence-electron chi connectivity index (χ1n) is 31.1. The van der Waals surface area contributed by atoms with Crippen LogP contribution in [0.25, 0.3) is 0 Å². The summed E-state index contributed by atoms with van der Waals surface area (Å²) in [5.41, 5.74) is 13.2. The predicted molar refractivity (Wildman–Crippen MR) is 410 cm³/mol. The fourth-order valence-electron chi connectivity index (χ4n) is 9.99. The van der Waals surface area contributed by atoms with Gasteiger partial charge in [-0.2, -0.15) is 0 Å². The summed E-state index contributed by atoms with van der Waals surface area (Å²) in [6.45, 7) is 7.57. The Balaban J connectivity index is 0.000000174. The second-order valence-electron chi connectivity index (χ2n) is 22.5. The summed E-state index contributed by atoms with van der Waals surface area (Å²) >= 11 is 11.3. The van der Waals surface area contributed by atoms with Crippen LogP contribution in [0.4, 0.5) is 22.7 Å². The lowest BCUT2D eigenvalue weighted by Gasteiger charge is -2.08. The van der Waals surface area contributed by atoms with E-state index in [0.29, 0.717) is 58.8 Å². The van der Waals surface area contributed by atoms with Crippen LogP contribution >= 0.6 is 58.6 Å². The molecule has 0 saturated heterocycles. The number of hydrogen-bond acceptors (Lipinski definition) is 16. The molecular weight excluding hydrogens is 1400 g/mol. The number of nitrogens with two attached hydrogens (primary N) is 1. The van der Waals surface area contributed by atoms with Gasteiger partial charge in [-0.15, -0.1) is 0 Å². The molecule has 516 valence electrons. The van der Waals surface area contributed by atoms with Gasteiger partial charge < -0.3 is 10.8 Å². The molecule has 0 amide bonds. The van der Waals surface area contributed by atoms with Crippen LogP contribution in [0.15, 0.2) is 318 Å². The van der Waals surface area contributed by atoms with Gasteiger partial charge >= 0.3 is 5.97 Å². The first kappa shape index (κ1) is 77.2. The molecule has 0 radical (unpaired) electrons. The van der Waals surface area contributed by atoms with Gasteiger partial charge in [-0.25, -0.2) is 4.79 Å². The van der Waals surface area contributed by atoms with Crippen LogP contribution in [-0.4, -0.2) is 49.0 Å². The van der Waals surface area contributed by atoms with Crippen molar-refractivity contribution < 1.29 is 43.8 Å². The smallest absolute Gasteiger partial charge is 0.336 e. The molecule has 0 aliphatic rings. The van der Waals surface area contributed by atoms with E-state index in [2.05, 4.69) is 24.3 Å². The number of nitro groups is 3. The highest BCUT2D eigenvalue weighted by atomic mass is 35.5. The maximum absolute atomic E-state index is 12.7. The normalized spacial score (nSPS) is 10.4. The van der Waals surface area contributed by atoms with Crippen molar-refractivity contribution in [2.45, 2.75) is 74.3 Å². The number of rotatable bonds is 20. The van der Waals surface area contributed by atoms with Crippen LogP contribution in [0, 0.1) is 58.0 Å². The van der Waals surface area contributed by atoms with Gasteiger partial charge in [0.05, 0.1) is 35.0 Å². The zero-order valence-corrected chi connectivity index (χ0v) is 58.9. The lowest BCUT2D eigenvalue weighted by Crippen LogP contribution is -2.09. The van der Waals surface area contributed by atoms with Gasteiger partial charge in [0.2, 0.25) is 0 Å². The number of hydrogen-bond donors (Lipinski definition) is 2. The predicted octanol–water partition coefficient (Wildman–Crippen LogP) is 21.8. The number of carboxylic acids is 1. The number of carboxylic acid groups (broad SMARTS) is 1. The van der Waals surface area contributed by atoms with Crippen molar-refractivity contribution >= 4 is 111 Å². The summed E-state index contributed by atoms with van der Waals surface area (Å²) < 4.78 is 0. The van der Waals surface area contributed by atoms with Gasteiger partial charge in [0.25, 0.3) is 17.1 Å². The number of ketones is 4. The van der Waals surface area contributed by atoms with Crippen LogP contribution in [0.1, 0.15) is 104 Å². The van der Waals surface area contributed by atoms with Crippen molar-refractivity contribution in [3.8, 4) is 0 Å². The number of nitro benzene ring substituents is 3. The highest BCUT2D eigenvalue weighted by Crippen LogP contribution is 2.40. The molecule has 0 spiro atoms. The molecule has 12 aromatic rings. The van der Waals surface area contributed by atoms with Crippen LogP contribution in [0.3, 0.4) is 0 Å². The van der Waals surface area contributed by atoms with E-state index in [1.807, 2.05) is 113 Å². The molecule has 16 nitrogen and oxygen atoms in total. The van der Waals surface area contributed by atoms with Crippen molar-refractivity contribution in [2.75, 3.05) is 5.73 Å². The molecule has 0 aromatic heterocycles. The highest BCUT2D eigenvalue weighted by Gasteiger charge is 2.25. The number of aromatic carboxylic acids is 1. The van der Waals surface area contributed by atoms with E-state index < -0.39 is 20.7 Å². The second kappa shape index (κ2) is 36.7. The maximum Gasteiger partial charge on any atom is 0.336 e. The van der Waals surface area contributed by atoms with E-state index in [-0.39, 0.29) is 64.3 Å². The number of carbonyl (C=O) groups is 5. The van der Waals surface area contributed by atoms with E-state index in [1.54, 1.807) is 157 Å². The maximum atomic E-state index is 12.7. The Bertz CT molecular complexity index is 5120. The number of halogens is 1. The molecule has 0 aliphatic carbocycles. The van der Waals surface area contributed by atoms with Gasteiger partial charge in [-0.05, 0) is 172 Å². The molecule has 12 rings (SSSR count). The topological polar surface area (TPSA) is 261 Å². The Morgan fingerprint density at radius 1 is 0.340 bits per heavy atom. The van der Waals surface area contributed by atoms with E-state index in [9.17, 15) is 59.4 Å². The van der Waals surface area contributed by atoms with Crippen LogP contribution in [0.2, 0.25) is 5.02 Å². The molecule has 0 heterocycles. The van der Waals surface area contributed by atoms with Gasteiger partial charge in [-0.1, -0.05) is 205 Å². The third kappa shape index (κ3) is 20.8. The van der Waals surface area contributed by atoms with Crippen molar-refractivity contribution in [1.29, 1.82) is 0 Å². The molecule has 21 heteroatoms. The van der Waals surface area contributed by atoms with Crippen LogP contribution < -0.4 is 5.73 Å². The summed E-state index contributed by atoms with van der Waals surface area (Å²) in [6.07, 6.45) is 0. The number of benzene rings is 12.